The number of anilines is 1. The smallest absolute Gasteiger partial charge is 0.416 e. The molecule has 250 valence electrons. The van der Waals surface area contributed by atoms with Gasteiger partial charge in [-0.2, -0.15) is 13.2 Å². The van der Waals surface area contributed by atoms with E-state index in [4.69, 9.17) is 9.47 Å². The van der Waals surface area contributed by atoms with Gasteiger partial charge < -0.3 is 25.2 Å². The number of carboxylic acids is 1. The van der Waals surface area contributed by atoms with E-state index < -0.39 is 29.5 Å². The topological polar surface area (TPSA) is 127 Å². The molecule has 0 aliphatic heterocycles. The number of carbonyl (C=O) groups is 3. The molecular formula is C37H30F3N3O6. The van der Waals surface area contributed by atoms with E-state index in [0.717, 1.165) is 22.9 Å². The minimum atomic E-state index is -4.45. The summed E-state index contributed by atoms with van der Waals surface area (Å²) in [6, 6.07) is 24.6. The predicted molar refractivity (Wildman–Crippen MR) is 175 cm³/mol. The number of benzene rings is 4. The summed E-state index contributed by atoms with van der Waals surface area (Å²) in [5.41, 5.74) is -0.215. The predicted octanol–water partition coefficient (Wildman–Crippen LogP) is 8.12. The quantitative estimate of drug-likeness (QED) is 0.145. The first-order valence-electron chi connectivity index (χ1n) is 15.5. The van der Waals surface area contributed by atoms with Gasteiger partial charge in [0.05, 0.1) is 28.5 Å². The van der Waals surface area contributed by atoms with Crippen LogP contribution in [-0.2, 0) is 6.18 Å². The lowest BCUT2D eigenvalue weighted by Gasteiger charge is -2.29. The number of amides is 2. The Hall–Kier alpha value is -5.91. The number of halogens is 3. The average Bonchev–Trinajstić information content (AvgIpc) is 3.09. The fourth-order valence-corrected chi connectivity index (χ4v) is 5.60. The minimum Gasteiger partial charge on any atom is -0.490 e. The third kappa shape index (κ3) is 8.15. The summed E-state index contributed by atoms with van der Waals surface area (Å²) >= 11 is 0. The summed E-state index contributed by atoms with van der Waals surface area (Å²) in [4.78, 5) is 40.8. The zero-order valence-electron chi connectivity index (χ0n) is 25.9. The van der Waals surface area contributed by atoms with Gasteiger partial charge in [0, 0.05) is 23.9 Å². The van der Waals surface area contributed by atoms with E-state index in [2.05, 4.69) is 15.6 Å². The number of carbonyl (C=O) groups excluding carboxylic acids is 2. The number of pyridine rings is 1. The number of nitrogens with one attached hydrogen (secondary N) is 2. The van der Waals surface area contributed by atoms with Gasteiger partial charge in [-0.25, -0.2) is 9.78 Å². The minimum absolute atomic E-state index is 0.0210. The maximum atomic E-state index is 12.8. The van der Waals surface area contributed by atoms with Crippen molar-refractivity contribution < 1.29 is 42.1 Å². The zero-order valence-corrected chi connectivity index (χ0v) is 25.9. The lowest BCUT2D eigenvalue weighted by atomic mass is 9.92. The Morgan fingerprint density at radius 2 is 1.41 bits per heavy atom. The molecule has 1 aromatic heterocycles. The highest BCUT2D eigenvalue weighted by Crippen LogP contribution is 2.31. The van der Waals surface area contributed by atoms with Crippen molar-refractivity contribution >= 4 is 34.2 Å². The van der Waals surface area contributed by atoms with E-state index >= 15 is 0 Å². The van der Waals surface area contributed by atoms with E-state index in [0.29, 0.717) is 37.2 Å². The van der Waals surface area contributed by atoms with Gasteiger partial charge >= 0.3 is 12.1 Å². The molecule has 3 N–H and O–H groups in total. The molecule has 12 heteroatoms. The first kappa shape index (κ1) is 33.0. The number of hydrogen-bond acceptors (Lipinski definition) is 6. The Bertz CT molecular complexity index is 1990. The van der Waals surface area contributed by atoms with Gasteiger partial charge in [0.15, 0.2) is 0 Å². The van der Waals surface area contributed by atoms with Gasteiger partial charge in [0.2, 0.25) is 5.88 Å². The molecular weight excluding hydrogens is 639 g/mol. The van der Waals surface area contributed by atoms with E-state index in [-0.39, 0.29) is 40.4 Å². The van der Waals surface area contributed by atoms with Crippen molar-refractivity contribution in [2.45, 2.75) is 44.0 Å². The third-order valence-corrected chi connectivity index (χ3v) is 8.20. The second kappa shape index (κ2) is 14.1. The molecule has 0 bridgehead atoms. The fraction of sp³-hybridized carbons (Fsp3) is 0.189. The van der Waals surface area contributed by atoms with Crippen molar-refractivity contribution in [1.82, 2.24) is 10.3 Å². The van der Waals surface area contributed by atoms with Crippen molar-refractivity contribution in [2.75, 3.05) is 5.32 Å². The van der Waals surface area contributed by atoms with Gasteiger partial charge in [-0.05, 0) is 103 Å². The van der Waals surface area contributed by atoms with Crippen LogP contribution in [0.25, 0.3) is 10.8 Å². The van der Waals surface area contributed by atoms with Crippen molar-refractivity contribution in [1.29, 1.82) is 0 Å². The highest BCUT2D eigenvalue weighted by atomic mass is 19.4. The van der Waals surface area contributed by atoms with Crippen LogP contribution in [0.5, 0.6) is 17.4 Å². The van der Waals surface area contributed by atoms with E-state index in [1.807, 2.05) is 30.3 Å². The van der Waals surface area contributed by atoms with Crippen LogP contribution in [0.15, 0.2) is 103 Å². The van der Waals surface area contributed by atoms with Gasteiger partial charge in [0.25, 0.3) is 11.8 Å². The lowest BCUT2D eigenvalue weighted by molar-refractivity contribution is -0.137. The molecule has 1 aliphatic rings. The summed E-state index contributed by atoms with van der Waals surface area (Å²) in [5.74, 6) is -0.532. The second-order valence-electron chi connectivity index (χ2n) is 11.6. The molecule has 1 heterocycles. The number of ether oxygens (including phenoxy) is 2. The molecule has 1 saturated carbocycles. The van der Waals surface area contributed by atoms with Gasteiger partial charge in [-0.3, -0.25) is 9.59 Å². The first-order chi connectivity index (χ1) is 23.5. The molecule has 0 saturated heterocycles. The van der Waals surface area contributed by atoms with Gasteiger partial charge in [0.1, 0.15) is 11.5 Å². The molecule has 0 spiro atoms. The zero-order chi connectivity index (χ0) is 34.5. The van der Waals surface area contributed by atoms with Crippen molar-refractivity contribution in [3.05, 3.63) is 126 Å². The molecule has 0 atom stereocenters. The Morgan fingerprint density at radius 3 is 2.06 bits per heavy atom. The van der Waals surface area contributed by atoms with E-state index in [9.17, 15) is 32.7 Å². The standard InChI is InChI=1S/C37H30F3N3O6/c38-37(39,40)26-10-5-22(6-11-26)34(44)42-27-12-16-28(17-13-27)48-29-14-7-24-20-30(15-8-23(24)19-29)49-33-18-9-25(21-41-33)35(45)43-32-4-2-1-3-31(32)36(46)47/h1-11,14-15,18-21,27-28H,12-13,16-17H2,(H,42,44)(H,43,45)(H,46,47). The Morgan fingerprint density at radius 1 is 0.755 bits per heavy atom. The van der Waals surface area contributed by atoms with Crippen LogP contribution in [0.2, 0.25) is 0 Å². The van der Waals surface area contributed by atoms with Crippen molar-refractivity contribution in [2.24, 2.45) is 0 Å². The normalized spacial score (nSPS) is 16.1. The molecule has 1 fully saturated rings. The fourth-order valence-electron chi connectivity index (χ4n) is 5.60. The van der Waals surface area contributed by atoms with Crippen LogP contribution in [0, 0.1) is 0 Å². The molecule has 0 unspecified atom stereocenters. The maximum absolute atomic E-state index is 12.8. The van der Waals surface area contributed by atoms with Crippen molar-refractivity contribution in [3.63, 3.8) is 0 Å². The Kier molecular flexibility index (Phi) is 9.47. The molecule has 6 rings (SSSR count). The summed E-state index contributed by atoms with van der Waals surface area (Å²) in [6.45, 7) is 0. The van der Waals surface area contributed by atoms with E-state index in [1.54, 1.807) is 24.3 Å². The third-order valence-electron chi connectivity index (χ3n) is 8.20. The van der Waals surface area contributed by atoms with Crippen LogP contribution in [0.3, 0.4) is 0 Å². The number of rotatable bonds is 9. The molecule has 2 amide bonds. The molecule has 49 heavy (non-hydrogen) atoms. The maximum Gasteiger partial charge on any atom is 0.416 e. The highest BCUT2D eigenvalue weighted by molar-refractivity contribution is 6.07. The van der Waals surface area contributed by atoms with Crippen LogP contribution >= 0.6 is 0 Å². The summed E-state index contributed by atoms with van der Waals surface area (Å²) in [7, 11) is 0. The first-order valence-corrected chi connectivity index (χ1v) is 15.5. The van der Waals surface area contributed by atoms with E-state index in [1.165, 1.54) is 36.5 Å². The summed E-state index contributed by atoms with van der Waals surface area (Å²) in [6.07, 6.45) is -0.346. The number of alkyl halides is 3. The number of carboxylic acid groups (broad SMARTS) is 1. The number of hydrogen-bond donors (Lipinski definition) is 3. The monoisotopic (exact) mass is 669 g/mol. The van der Waals surface area contributed by atoms with Crippen LogP contribution in [0.1, 0.15) is 62.3 Å². The average molecular weight is 670 g/mol. The highest BCUT2D eigenvalue weighted by Gasteiger charge is 2.30. The van der Waals surface area contributed by atoms with Gasteiger partial charge in [-0.15, -0.1) is 0 Å². The van der Waals surface area contributed by atoms with Crippen LogP contribution in [-0.4, -0.2) is 40.0 Å². The van der Waals surface area contributed by atoms with Gasteiger partial charge in [-0.1, -0.05) is 24.3 Å². The summed E-state index contributed by atoms with van der Waals surface area (Å²) in [5, 5.41) is 16.7. The number of fused-ring (bicyclic) bond motifs is 1. The SMILES string of the molecule is O=C(Nc1ccccc1C(=O)O)c1ccc(Oc2ccc3cc(OC4CCC(NC(=O)c5ccc(C(F)(F)F)cc5)CC4)ccc3c2)nc1. The Balaban J connectivity index is 0.997. The molecule has 0 radical (unpaired) electrons. The number of aromatic nitrogens is 1. The molecule has 9 nitrogen and oxygen atoms in total. The number of aromatic carboxylic acids is 1. The lowest BCUT2D eigenvalue weighted by Crippen LogP contribution is -2.39. The molecule has 1 aliphatic carbocycles. The Labute approximate surface area is 278 Å². The molecule has 4 aromatic carbocycles. The largest absolute Gasteiger partial charge is 0.490 e. The number of nitrogens with zero attached hydrogens (tertiary/aromatic N) is 1. The van der Waals surface area contributed by atoms with Crippen LogP contribution < -0.4 is 20.1 Å². The molecule has 5 aromatic rings. The number of para-hydroxylation sites is 1. The summed E-state index contributed by atoms with van der Waals surface area (Å²) < 4.78 is 50.6. The van der Waals surface area contributed by atoms with Crippen LogP contribution in [0.4, 0.5) is 18.9 Å². The van der Waals surface area contributed by atoms with Crippen molar-refractivity contribution in [3.8, 4) is 17.4 Å². The second-order valence-corrected chi connectivity index (χ2v) is 11.6.